The third-order valence-corrected chi connectivity index (χ3v) is 3.35. The van der Waals surface area contributed by atoms with Crippen LogP contribution in [0.2, 0.25) is 0 Å². The van der Waals surface area contributed by atoms with E-state index >= 15 is 0 Å². The van der Waals surface area contributed by atoms with Crippen LogP contribution in [0, 0.1) is 0 Å². The first-order valence-electron chi connectivity index (χ1n) is 5.88. The van der Waals surface area contributed by atoms with E-state index in [1.807, 2.05) is 22.5 Å². The van der Waals surface area contributed by atoms with Crippen LogP contribution in [-0.2, 0) is 6.54 Å². The van der Waals surface area contributed by atoms with E-state index in [0.717, 1.165) is 11.6 Å². The lowest BCUT2D eigenvalue weighted by Crippen LogP contribution is -2.28. The normalized spacial score (nSPS) is 13.2. The van der Waals surface area contributed by atoms with Crippen molar-refractivity contribution in [3.05, 3.63) is 34.5 Å². The first-order chi connectivity index (χ1) is 8.20. The van der Waals surface area contributed by atoms with Crippen molar-refractivity contribution < 1.29 is 0 Å². The van der Waals surface area contributed by atoms with Gasteiger partial charge in [0.15, 0.2) is 0 Å². The Bertz CT molecular complexity index is 447. The van der Waals surface area contributed by atoms with Gasteiger partial charge in [-0.05, 0) is 20.8 Å². The molecule has 1 unspecified atom stereocenters. The minimum absolute atomic E-state index is 0.148. The first-order valence-corrected chi connectivity index (χ1v) is 6.76. The number of rotatable bonds is 5. The maximum Gasteiger partial charge on any atom is 0.114 e. The number of nitrogens with zero attached hydrogens (tertiary/aromatic N) is 3. The van der Waals surface area contributed by atoms with Gasteiger partial charge in [-0.2, -0.15) is 5.10 Å². The highest BCUT2D eigenvalue weighted by atomic mass is 32.1. The van der Waals surface area contributed by atoms with E-state index in [1.165, 1.54) is 5.56 Å². The van der Waals surface area contributed by atoms with Crippen LogP contribution in [-0.4, -0.2) is 20.8 Å². The summed E-state index contributed by atoms with van der Waals surface area (Å²) < 4.78 is 1.94. The van der Waals surface area contributed by atoms with E-state index in [4.69, 9.17) is 0 Å². The topological polar surface area (TPSA) is 42.7 Å². The zero-order valence-electron chi connectivity index (χ0n) is 10.4. The molecule has 0 aliphatic rings. The van der Waals surface area contributed by atoms with Crippen LogP contribution >= 0.6 is 11.3 Å². The highest BCUT2D eigenvalue weighted by Crippen LogP contribution is 2.23. The van der Waals surface area contributed by atoms with Crippen molar-refractivity contribution in [2.45, 2.75) is 39.4 Å². The quantitative estimate of drug-likeness (QED) is 0.886. The number of nitrogens with one attached hydrogen (secondary N) is 1. The van der Waals surface area contributed by atoms with Crippen LogP contribution in [0.4, 0.5) is 0 Å². The second kappa shape index (κ2) is 5.42. The Morgan fingerprint density at radius 2 is 2.29 bits per heavy atom. The van der Waals surface area contributed by atoms with Gasteiger partial charge < -0.3 is 5.32 Å². The van der Waals surface area contributed by atoms with Gasteiger partial charge in [-0.15, -0.1) is 11.3 Å². The molecular formula is C12H18N4S. The van der Waals surface area contributed by atoms with Crippen molar-refractivity contribution in [1.82, 2.24) is 20.1 Å². The van der Waals surface area contributed by atoms with E-state index in [0.29, 0.717) is 6.04 Å². The van der Waals surface area contributed by atoms with E-state index in [2.05, 4.69) is 42.4 Å². The molecule has 1 atom stereocenters. The molecule has 0 radical (unpaired) electrons. The smallest absolute Gasteiger partial charge is 0.114 e. The summed E-state index contributed by atoms with van der Waals surface area (Å²) in [6.45, 7) is 7.27. The minimum Gasteiger partial charge on any atom is -0.302 e. The Morgan fingerprint density at radius 1 is 1.47 bits per heavy atom. The molecular weight excluding hydrogens is 232 g/mol. The number of aryl methyl sites for hydroxylation is 1. The second-order valence-corrected chi connectivity index (χ2v) is 5.18. The predicted molar refractivity (Wildman–Crippen MR) is 70.1 cm³/mol. The van der Waals surface area contributed by atoms with Gasteiger partial charge in [0.1, 0.15) is 5.01 Å². The molecule has 0 aliphatic carbocycles. The van der Waals surface area contributed by atoms with Crippen molar-refractivity contribution in [2.24, 2.45) is 0 Å². The van der Waals surface area contributed by atoms with Crippen molar-refractivity contribution in [1.29, 1.82) is 0 Å². The van der Waals surface area contributed by atoms with Crippen LogP contribution in [0.25, 0.3) is 0 Å². The van der Waals surface area contributed by atoms with Crippen LogP contribution < -0.4 is 5.32 Å². The largest absolute Gasteiger partial charge is 0.302 e. The van der Waals surface area contributed by atoms with Gasteiger partial charge >= 0.3 is 0 Å². The maximum absolute atomic E-state index is 4.40. The summed E-state index contributed by atoms with van der Waals surface area (Å²) >= 11 is 1.67. The number of hydrogen-bond donors (Lipinski definition) is 1. The zero-order chi connectivity index (χ0) is 12.3. The number of aromatic nitrogens is 3. The summed E-state index contributed by atoms with van der Waals surface area (Å²) in [5.74, 6) is 0. The number of hydrogen-bond acceptors (Lipinski definition) is 4. The fraction of sp³-hybridized carbons (Fsp3) is 0.500. The van der Waals surface area contributed by atoms with Gasteiger partial charge in [-0.3, -0.25) is 4.68 Å². The zero-order valence-corrected chi connectivity index (χ0v) is 11.2. The third kappa shape index (κ3) is 2.92. The lowest BCUT2D eigenvalue weighted by molar-refractivity contribution is 0.526. The molecule has 17 heavy (non-hydrogen) atoms. The number of thiazole rings is 1. The molecule has 0 fully saturated rings. The second-order valence-electron chi connectivity index (χ2n) is 4.25. The summed E-state index contributed by atoms with van der Waals surface area (Å²) in [5, 5.41) is 11.0. The summed E-state index contributed by atoms with van der Waals surface area (Å²) in [5.41, 5.74) is 1.18. The third-order valence-electron chi connectivity index (χ3n) is 2.51. The van der Waals surface area contributed by atoms with Crippen molar-refractivity contribution in [3.8, 4) is 0 Å². The molecule has 0 saturated heterocycles. The Labute approximate surface area is 106 Å². The van der Waals surface area contributed by atoms with Crippen molar-refractivity contribution >= 4 is 11.3 Å². The van der Waals surface area contributed by atoms with Crippen LogP contribution in [0.1, 0.15) is 37.4 Å². The average molecular weight is 250 g/mol. The molecule has 4 nitrogen and oxygen atoms in total. The molecule has 0 aromatic carbocycles. The highest BCUT2D eigenvalue weighted by Gasteiger charge is 2.18. The minimum atomic E-state index is 0.148. The Balaban J connectivity index is 2.26. The molecule has 0 saturated carbocycles. The van der Waals surface area contributed by atoms with Gasteiger partial charge in [0.25, 0.3) is 0 Å². The van der Waals surface area contributed by atoms with Crippen LogP contribution in [0.15, 0.2) is 24.0 Å². The SMILES string of the molecule is CCn1cc(C(NC(C)C)c2nccs2)cn1. The Morgan fingerprint density at radius 3 is 2.82 bits per heavy atom. The van der Waals surface area contributed by atoms with Crippen molar-refractivity contribution in [2.75, 3.05) is 0 Å². The standard InChI is InChI=1S/C12H18N4S/c1-4-16-8-10(7-14-16)11(15-9(2)3)12-13-5-6-17-12/h5-9,11,15H,4H2,1-3H3. The Hall–Kier alpha value is -1.20. The predicted octanol–water partition coefficient (Wildman–Crippen LogP) is 2.45. The van der Waals surface area contributed by atoms with Crippen LogP contribution in [0.5, 0.6) is 0 Å². The molecule has 0 amide bonds. The van der Waals surface area contributed by atoms with Gasteiger partial charge in [0.2, 0.25) is 0 Å². The molecule has 1 N–H and O–H groups in total. The molecule has 0 spiro atoms. The first kappa shape index (κ1) is 12.3. The summed E-state index contributed by atoms with van der Waals surface area (Å²) in [7, 11) is 0. The molecule has 92 valence electrons. The molecule has 2 aromatic heterocycles. The van der Waals surface area contributed by atoms with Gasteiger partial charge in [0.05, 0.1) is 12.2 Å². The van der Waals surface area contributed by atoms with E-state index < -0.39 is 0 Å². The fourth-order valence-corrected chi connectivity index (χ4v) is 2.45. The van der Waals surface area contributed by atoms with E-state index in [-0.39, 0.29) is 6.04 Å². The van der Waals surface area contributed by atoms with Crippen LogP contribution in [0.3, 0.4) is 0 Å². The Kier molecular flexibility index (Phi) is 3.91. The van der Waals surface area contributed by atoms with Gasteiger partial charge in [-0.25, -0.2) is 4.98 Å². The molecule has 0 aliphatic heterocycles. The lowest BCUT2D eigenvalue weighted by Gasteiger charge is -2.17. The molecule has 2 rings (SSSR count). The van der Waals surface area contributed by atoms with Crippen molar-refractivity contribution in [3.63, 3.8) is 0 Å². The summed E-state index contributed by atoms with van der Waals surface area (Å²) in [6.07, 6.45) is 5.85. The highest BCUT2D eigenvalue weighted by molar-refractivity contribution is 7.09. The fourth-order valence-electron chi connectivity index (χ4n) is 1.72. The molecule has 2 aromatic rings. The van der Waals surface area contributed by atoms with Gasteiger partial charge in [-0.1, -0.05) is 0 Å². The van der Waals surface area contributed by atoms with Gasteiger partial charge in [0, 0.05) is 35.9 Å². The average Bonchev–Trinajstić information content (AvgIpc) is 2.97. The monoisotopic (exact) mass is 250 g/mol. The summed E-state index contributed by atoms with van der Waals surface area (Å²) in [4.78, 5) is 4.40. The van der Waals surface area contributed by atoms with E-state index in [9.17, 15) is 0 Å². The molecule has 5 heteroatoms. The molecule has 2 heterocycles. The lowest BCUT2D eigenvalue weighted by atomic mass is 10.1. The molecule has 0 bridgehead atoms. The van der Waals surface area contributed by atoms with E-state index in [1.54, 1.807) is 11.3 Å². The summed E-state index contributed by atoms with van der Waals surface area (Å²) in [6, 6.07) is 0.559. The maximum atomic E-state index is 4.40.